The first-order valence-corrected chi connectivity index (χ1v) is 10.2. The van der Waals surface area contributed by atoms with Crippen LogP contribution in [-0.2, 0) is 12.8 Å². The lowest BCUT2D eigenvalue weighted by Crippen LogP contribution is -2.47. The highest BCUT2D eigenvalue weighted by Gasteiger charge is 2.17. The maximum Gasteiger partial charge on any atom is 0.128 e. The number of piperazine rings is 1. The molecule has 3 nitrogen and oxygen atoms in total. The maximum atomic E-state index is 4.48. The smallest absolute Gasteiger partial charge is 0.128 e. The topological polar surface area (TPSA) is 19.4 Å². The van der Waals surface area contributed by atoms with Crippen molar-refractivity contribution in [2.45, 2.75) is 46.0 Å². The number of aromatic nitrogens is 1. The van der Waals surface area contributed by atoms with Gasteiger partial charge in [0.05, 0.1) is 0 Å². The quantitative estimate of drug-likeness (QED) is 0.653. The van der Waals surface area contributed by atoms with Gasteiger partial charge in [-0.15, -0.1) is 0 Å². The summed E-state index contributed by atoms with van der Waals surface area (Å²) >= 11 is 0. The predicted molar refractivity (Wildman–Crippen MR) is 111 cm³/mol. The third kappa shape index (κ3) is 5.31. The highest BCUT2D eigenvalue weighted by molar-refractivity contribution is 5.38. The molecule has 140 valence electrons. The van der Waals surface area contributed by atoms with Crippen molar-refractivity contribution in [1.29, 1.82) is 0 Å². The molecule has 0 atom stereocenters. The van der Waals surface area contributed by atoms with Crippen LogP contribution in [0.3, 0.4) is 0 Å². The van der Waals surface area contributed by atoms with Gasteiger partial charge in [-0.1, -0.05) is 44.0 Å². The minimum absolute atomic E-state index is 1.08. The van der Waals surface area contributed by atoms with E-state index in [-0.39, 0.29) is 0 Å². The van der Waals surface area contributed by atoms with Crippen molar-refractivity contribution in [2.75, 3.05) is 37.6 Å². The number of benzene rings is 1. The third-order valence-electron chi connectivity index (χ3n) is 5.53. The molecule has 1 aromatic heterocycles. The molecule has 0 amide bonds. The highest BCUT2D eigenvalue weighted by Crippen LogP contribution is 2.17. The molecule has 2 heterocycles. The van der Waals surface area contributed by atoms with Crippen LogP contribution in [0.5, 0.6) is 0 Å². The molecule has 2 aromatic rings. The summed E-state index contributed by atoms with van der Waals surface area (Å²) in [6, 6.07) is 13.3. The fourth-order valence-corrected chi connectivity index (χ4v) is 3.74. The number of hydrogen-bond acceptors (Lipinski definition) is 3. The first kappa shape index (κ1) is 18.9. The van der Waals surface area contributed by atoms with Gasteiger partial charge in [-0.25, -0.2) is 4.98 Å². The van der Waals surface area contributed by atoms with E-state index in [2.05, 4.69) is 59.0 Å². The SMILES string of the molecule is CCCCCc1cc(CCN2CCN(c3ccccn3)CC2)ccc1C. The molecule has 0 radical (unpaired) electrons. The molecule has 26 heavy (non-hydrogen) atoms. The minimum atomic E-state index is 1.08. The average molecular weight is 352 g/mol. The normalized spacial score (nSPS) is 15.4. The molecule has 1 saturated heterocycles. The second-order valence-electron chi connectivity index (χ2n) is 7.48. The number of hydrogen-bond donors (Lipinski definition) is 0. The highest BCUT2D eigenvalue weighted by atomic mass is 15.3. The monoisotopic (exact) mass is 351 g/mol. The minimum Gasteiger partial charge on any atom is -0.354 e. The Kier molecular flexibility index (Phi) is 7.07. The number of pyridine rings is 1. The summed E-state index contributed by atoms with van der Waals surface area (Å²) in [4.78, 5) is 9.47. The van der Waals surface area contributed by atoms with Crippen molar-refractivity contribution in [1.82, 2.24) is 9.88 Å². The van der Waals surface area contributed by atoms with Crippen LogP contribution in [0.4, 0.5) is 5.82 Å². The van der Waals surface area contributed by atoms with E-state index in [0.29, 0.717) is 0 Å². The zero-order valence-corrected chi connectivity index (χ0v) is 16.5. The van der Waals surface area contributed by atoms with Gasteiger partial charge >= 0.3 is 0 Å². The van der Waals surface area contributed by atoms with Gasteiger partial charge in [-0.2, -0.15) is 0 Å². The molecule has 0 saturated carbocycles. The van der Waals surface area contributed by atoms with E-state index in [0.717, 1.165) is 45.0 Å². The van der Waals surface area contributed by atoms with E-state index in [1.807, 2.05) is 12.3 Å². The van der Waals surface area contributed by atoms with E-state index in [4.69, 9.17) is 0 Å². The lowest BCUT2D eigenvalue weighted by Gasteiger charge is -2.35. The van der Waals surface area contributed by atoms with Gasteiger partial charge in [0.2, 0.25) is 0 Å². The molecule has 1 aliphatic rings. The van der Waals surface area contributed by atoms with E-state index in [9.17, 15) is 0 Å². The Bertz CT molecular complexity index is 660. The number of aryl methyl sites for hydroxylation is 2. The van der Waals surface area contributed by atoms with Gasteiger partial charge in [0.25, 0.3) is 0 Å². The largest absolute Gasteiger partial charge is 0.354 e. The number of rotatable bonds is 8. The van der Waals surface area contributed by atoms with E-state index in [1.54, 1.807) is 5.56 Å². The Balaban J connectivity index is 1.47. The molecule has 3 rings (SSSR count). The van der Waals surface area contributed by atoms with Gasteiger partial charge < -0.3 is 4.90 Å². The predicted octanol–water partition coefficient (Wildman–Crippen LogP) is 4.49. The van der Waals surface area contributed by atoms with Gasteiger partial charge in [-0.3, -0.25) is 4.90 Å². The van der Waals surface area contributed by atoms with Crippen molar-refractivity contribution in [3.63, 3.8) is 0 Å². The van der Waals surface area contributed by atoms with Crippen molar-refractivity contribution in [2.24, 2.45) is 0 Å². The number of unbranched alkanes of at least 4 members (excludes halogenated alkanes) is 2. The molecular weight excluding hydrogens is 318 g/mol. The standard InChI is InChI=1S/C23H33N3/c1-3-4-5-8-22-19-21(11-10-20(22)2)12-14-25-15-17-26(18-16-25)23-9-6-7-13-24-23/h6-7,9-11,13,19H,3-5,8,12,14-18H2,1-2H3. The Morgan fingerprint density at radius 2 is 1.81 bits per heavy atom. The summed E-state index contributed by atoms with van der Waals surface area (Å²) in [6.45, 7) is 10.1. The lowest BCUT2D eigenvalue weighted by molar-refractivity contribution is 0.260. The number of anilines is 1. The second kappa shape index (κ2) is 9.72. The second-order valence-corrected chi connectivity index (χ2v) is 7.48. The molecule has 0 bridgehead atoms. The maximum absolute atomic E-state index is 4.48. The van der Waals surface area contributed by atoms with Crippen LogP contribution in [0, 0.1) is 6.92 Å². The van der Waals surface area contributed by atoms with Gasteiger partial charge in [-0.05, 0) is 55.0 Å². The van der Waals surface area contributed by atoms with Crippen LogP contribution in [-0.4, -0.2) is 42.6 Å². The van der Waals surface area contributed by atoms with Crippen LogP contribution >= 0.6 is 0 Å². The van der Waals surface area contributed by atoms with Crippen molar-refractivity contribution in [3.8, 4) is 0 Å². The molecule has 0 unspecified atom stereocenters. The summed E-state index contributed by atoms with van der Waals surface area (Å²) in [5.74, 6) is 1.11. The molecule has 0 spiro atoms. The van der Waals surface area contributed by atoms with Crippen LogP contribution < -0.4 is 4.90 Å². The van der Waals surface area contributed by atoms with Gasteiger partial charge in [0.1, 0.15) is 5.82 Å². The zero-order chi connectivity index (χ0) is 18.2. The summed E-state index contributed by atoms with van der Waals surface area (Å²) in [7, 11) is 0. The number of nitrogens with zero attached hydrogens (tertiary/aromatic N) is 3. The molecule has 1 aliphatic heterocycles. The summed E-state index contributed by atoms with van der Waals surface area (Å²) in [5, 5.41) is 0. The lowest BCUT2D eigenvalue weighted by atomic mass is 9.98. The molecule has 3 heteroatoms. The van der Waals surface area contributed by atoms with Crippen LogP contribution in [0.15, 0.2) is 42.6 Å². The van der Waals surface area contributed by atoms with Crippen LogP contribution in [0.1, 0.15) is 42.9 Å². The summed E-state index contributed by atoms with van der Waals surface area (Å²) in [6.07, 6.45) is 8.22. The van der Waals surface area contributed by atoms with E-state index >= 15 is 0 Å². The van der Waals surface area contributed by atoms with E-state index < -0.39 is 0 Å². The summed E-state index contributed by atoms with van der Waals surface area (Å²) < 4.78 is 0. The van der Waals surface area contributed by atoms with Crippen molar-refractivity contribution < 1.29 is 0 Å². The third-order valence-corrected chi connectivity index (χ3v) is 5.53. The molecular formula is C23H33N3. The first-order valence-electron chi connectivity index (χ1n) is 10.2. The Hall–Kier alpha value is -1.87. The average Bonchev–Trinajstić information content (AvgIpc) is 2.69. The molecule has 0 N–H and O–H groups in total. The van der Waals surface area contributed by atoms with Gasteiger partial charge in [0, 0.05) is 38.9 Å². The van der Waals surface area contributed by atoms with Crippen LogP contribution in [0.25, 0.3) is 0 Å². The molecule has 1 aromatic carbocycles. The Labute approximate surface area is 159 Å². The Morgan fingerprint density at radius 1 is 0.962 bits per heavy atom. The summed E-state index contributed by atoms with van der Waals surface area (Å²) in [5.41, 5.74) is 4.50. The van der Waals surface area contributed by atoms with Crippen molar-refractivity contribution >= 4 is 5.82 Å². The van der Waals surface area contributed by atoms with E-state index in [1.165, 1.54) is 36.8 Å². The first-order chi connectivity index (χ1) is 12.8. The molecule has 1 fully saturated rings. The molecule has 0 aliphatic carbocycles. The fourth-order valence-electron chi connectivity index (χ4n) is 3.74. The van der Waals surface area contributed by atoms with Crippen molar-refractivity contribution in [3.05, 3.63) is 59.3 Å². The Morgan fingerprint density at radius 3 is 2.54 bits per heavy atom. The fraction of sp³-hybridized carbons (Fsp3) is 0.522. The zero-order valence-electron chi connectivity index (χ0n) is 16.5. The van der Waals surface area contributed by atoms with Crippen LogP contribution in [0.2, 0.25) is 0 Å². The van der Waals surface area contributed by atoms with Gasteiger partial charge in [0.15, 0.2) is 0 Å².